The van der Waals surface area contributed by atoms with E-state index < -0.39 is 5.78 Å². The molecule has 0 saturated carbocycles. The average molecular weight is 351 g/mol. The summed E-state index contributed by atoms with van der Waals surface area (Å²) in [5.41, 5.74) is 0.513. The van der Waals surface area contributed by atoms with Gasteiger partial charge in [0.15, 0.2) is 11.5 Å². The second kappa shape index (κ2) is 7.28. The molecule has 6 heteroatoms. The van der Waals surface area contributed by atoms with E-state index in [4.69, 9.17) is 32.7 Å². The second-order valence-corrected chi connectivity index (χ2v) is 5.28. The minimum Gasteiger partial charge on any atom is -0.506 e. The van der Waals surface area contributed by atoms with Crippen LogP contribution < -0.4 is 9.47 Å². The lowest BCUT2D eigenvalue weighted by atomic mass is 10.1. The Balaban J connectivity index is 2.34. The number of carbonyl (C=O) groups is 1. The summed E-state index contributed by atoms with van der Waals surface area (Å²) in [6.07, 6.45) is 0. The first-order valence-corrected chi connectivity index (χ1v) is 7.18. The molecule has 0 fully saturated rings. The van der Waals surface area contributed by atoms with Gasteiger partial charge in [-0.3, -0.25) is 4.79 Å². The zero-order chi connectivity index (χ0) is 17.0. The van der Waals surface area contributed by atoms with E-state index in [1.807, 2.05) is 0 Å². The summed E-state index contributed by atoms with van der Waals surface area (Å²) in [5.74, 6) is 5.26. The molecule has 0 bridgehead atoms. The predicted molar refractivity (Wildman–Crippen MR) is 88.9 cm³/mol. The average Bonchev–Trinajstić information content (AvgIpc) is 2.55. The maximum atomic E-state index is 12.1. The van der Waals surface area contributed by atoms with E-state index in [0.29, 0.717) is 17.1 Å². The molecule has 0 unspecified atom stereocenters. The Bertz CT molecular complexity index is 819. The van der Waals surface area contributed by atoms with E-state index in [-0.39, 0.29) is 21.4 Å². The summed E-state index contributed by atoms with van der Waals surface area (Å²) in [6, 6.07) is 7.67. The van der Waals surface area contributed by atoms with Gasteiger partial charge in [0.05, 0.1) is 24.8 Å². The molecule has 0 heterocycles. The van der Waals surface area contributed by atoms with Crippen molar-refractivity contribution in [3.63, 3.8) is 0 Å². The van der Waals surface area contributed by atoms with Crippen molar-refractivity contribution >= 4 is 29.0 Å². The van der Waals surface area contributed by atoms with Crippen LogP contribution in [0.3, 0.4) is 0 Å². The van der Waals surface area contributed by atoms with E-state index in [1.165, 1.54) is 26.4 Å². The maximum Gasteiger partial charge on any atom is 0.240 e. The molecule has 0 spiro atoms. The van der Waals surface area contributed by atoms with Gasteiger partial charge in [-0.15, -0.1) is 0 Å². The maximum absolute atomic E-state index is 12.1. The van der Waals surface area contributed by atoms with E-state index in [2.05, 4.69) is 11.8 Å². The van der Waals surface area contributed by atoms with E-state index in [9.17, 15) is 9.90 Å². The minimum atomic E-state index is -0.596. The molecular formula is C17H12Cl2O4. The van der Waals surface area contributed by atoms with E-state index in [0.717, 1.165) is 0 Å². The van der Waals surface area contributed by atoms with Gasteiger partial charge in [-0.25, -0.2) is 0 Å². The lowest BCUT2D eigenvalue weighted by Gasteiger charge is -2.06. The van der Waals surface area contributed by atoms with Crippen LogP contribution in [0.25, 0.3) is 0 Å². The fourth-order valence-corrected chi connectivity index (χ4v) is 2.34. The molecule has 0 aromatic heterocycles. The number of ketones is 1. The summed E-state index contributed by atoms with van der Waals surface area (Å²) in [5, 5.41) is 10.1. The van der Waals surface area contributed by atoms with Gasteiger partial charge in [0.1, 0.15) is 5.75 Å². The summed E-state index contributed by atoms with van der Waals surface area (Å²) in [6.45, 7) is 0. The molecule has 0 aliphatic rings. The van der Waals surface area contributed by atoms with Gasteiger partial charge in [0, 0.05) is 10.6 Å². The van der Waals surface area contributed by atoms with Gasteiger partial charge in [-0.05, 0) is 36.3 Å². The Morgan fingerprint density at radius 1 is 1.09 bits per heavy atom. The smallest absolute Gasteiger partial charge is 0.240 e. The van der Waals surface area contributed by atoms with Crippen LogP contribution in [0.15, 0.2) is 30.3 Å². The molecule has 23 heavy (non-hydrogen) atoms. The van der Waals surface area contributed by atoms with Crippen molar-refractivity contribution in [1.82, 2.24) is 0 Å². The summed E-state index contributed by atoms with van der Waals surface area (Å²) in [4.78, 5) is 12.1. The number of Topliss-reactive ketones (excluding diaryl/α,β-unsaturated/α-hetero) is 1. The van der Waals surface area contributed by atoms with Crippen molar-refractivity contribution in [3.05, 3.63) is 51.5 Å². The van der Waals surface area contributed by atoms with Crippen LogP contribution in [0.2, 0.25) is 10.0 Å². The van der Waals surface area contributed by atoms with Gasteiger partial charge >= 0.3 is 0 Å². The monoisotopic (exact) mass is 350 g/mol. The van der Waals surface area contributed by atoms with Crippen LogP contribution in [0, 0.1) is 11.8 Å². The lowest BCUT2D eigenvalue weighted by Crippen LogP contribution is -1.96. The highest BCUT2D eigenvalue weighted by atomic mass is 35.5. The first-order valence-electron chi connectivity index (χ1n) is 6.42. The quantitative estimate of drug-likeness (QED) is 0.672. The molecule has 2 aromatic rings. The zero-order valence-electron chi connectivity index (χ0n) is 12.3. The van der Waals surface area contributed by atoms with Crippen LogP contribution >= 0.6 is 23.2 Å². The number of halogens is 2. The lowest BCUT2D eigenvalue weighted by molar-refractivity contribution is 0.105. The van der Waals surface area contributed by atoms with Gasteiger partial charge < -0.3 is 14.6 Å². The van der Waals surface area contributed by atoms with Gasteiger partial charge in [-0.1, -0.05) is 29.1 Å². The number of carbonyl (C=O) groups excluding carboxylic acids is 1. The number of rotatable bonds is 3. The Kier molecular flexibility index (Phi) is 5.38. The molecule has 2 aromatic carbocycles. The van der Waals surface area contributed by atoms with Crippen molar-refractivity contribution in [1.29, 1.82) is 0 Å². The number of phenolic OH excluding ortho intramolecular Hbond substituents is 1. The molecule has 0 aliphatic carbocycles. The second-order valence-electron chi connectivity index (χ2n) is 4.43. The topological polar surface area (TPSA) is 55.8 Å². The molecular weight excluding hydrogens is 339 g/mol. The molecule has 2 rings (SSSR count). The SMILES string of the molecule is COc1ccc(C#CC(=O)c2cc(Cl)cc(Cl)c2O)cc1OC. The third kappa shape index (κ3) is 3.89. The van der Waals surface area contributed by atoms with Crippen molar-refractivity contribution in [2.45, 2.75) is 0 Å². The normalized spacial score (nSPS) is 9.74. The number of ether oxygens (including phenoxy) is 2. The van der Waals surface area contributed by atoms with Gasteiger partial charge in [0.2, 0.25) is 5.78 Å². The fourth-order valence-electron chi connectivity index (χ4n) is 1.85. The number of aromatic hydroxyl groups is 1. The number of methoxy groups -OCH3 is 2. The zero-order valence-corrected chi connectivity index (χ0v) is 13.8. The summed E-state index contributed by atoms with van der Waals surface area (Å²) < 4.78 is 10.3. The number of phenols is 1. The number of hydrogen-bond donors (Lipinski definition) is 1. The van der Waals surface area contributed by atoms with Crippen LogP contribution in [-0.4, -0.2) is 25.1 Å². The first kappa shape index (κ1) is 17.0. The predicted octanol–water partition coefficient (Wildman–Crippen LogP) is 3.95. The fraction of sp³-hybridized carbons (Fsp3) is 0.118. The van der Waals surface area contributed by atoms with Crippen molar-refractivity contribution in [3.8, 4) is 29.1 Å². The standard InChI is InChI=1S/C17H12Cl2O4/c1-22-15-6-4-10(7-16(15)23-2)3-5-14(20)12-8-11(18)9-13(19)17(12)21/h4,6-9,21H,1-2H3. The van der Waals surface area contributed by atoms with E-state index >= 15 is 0 Å². The van der Waals surface area contributed by atoms with Crippen LogP contribution in [0.4, 0.5) is 0 Å². The first-order chi connectivity index (χ1) is 11.0. The highest BCUT2D eigenvalue weighted by molar-refractivity contribution is 6.36. The third-order valence-corrected chi connectivity index (χ3v) is 3.48. The van der Waals surface area contributed by atoms with Crippen LogP contribution in [-0.2, 0) is 0 Å². The molecule has 0 saturated heterocycles. The Labute approximate surface area is 143 Å². The minimum absolute atomic E-state index is 0.00577. The molecule has 0 aliphatic heterocycles. The van der Waals surface area contributed by atoms with Crippen molar-refractivity contribution in [2.75, 3.05) is 14.2 Å². The number of hydrogen-bond acceptors (Lipinski definition) is 4. The number of benzene rings is 2. The molecule has 1 N–H and O–H groups in total. The highest BCUT2D eigenvalue weighted by Gasteiger charge is 2.13. The molecule has 0 amide bonds. The Hall–Kier alpha value is -2.35. The highest BCUT2D eigenvalue weighted by Crippen LogP contribution is 2.31. The van der Waals surface area contributed by atoms with E-state index in [1.54, 1.807) is 18.2 Å². The Morgan fingerprint density at radius 2 is 1.78 bits per heavy atom. The van der Waals surface area contributed by atoms with Crippen molar-refractivity contribution in [2.24, 2.45) is 0 Å². The Morgan fingerprint density at radius 3 is 2.43 bits per heavy atom. The van der Waals surface area contributed by atoms with Crippen LogP contribution in [0.1, 0.15) is 15.9 Å². The molecule has 4 nitrogen and oxygen atoms in total. The van der Waals surface area contributed by atoms with Gasteiger partial charge in [-0.2, -0.15) is 0 Å². The summed E-state index contributed by atoms with van der Waals surface area (Å²) in [7, 11) is 3.03. The van der Waals surface area contributed by atoms with Gasteiger partial charge in [0.25, 0.3) is 0 Å². The largest absolute Gasteiger partial charge is 0.506 e. The molecule has 118 valence electrons. The molecule has 0 atom stereocenters. The summed E-state index contributed by atoms with van der Waals surface area (Å²) >= 11 is 11.6. The van der Waals surface area contributed by atoms with Crippen LogP contribution in [0.5, 0.6) is 17.2 Å². The van der Waals surface area contributed by atoms with Crippen molar-refractivity contribution < 1.29 is 19.4 Å². The molecule has 0 radical (unpaired) electrons. The third-order valence-electron chi connectivity index (χ3n) is 2.98.